The van der Waals surface area contributed by atoms with Crippen LogP contribution < -0.4 is 4.90 Å². The van der Waals surface area contributed by atoms with Crippen molar-refractivity contribution in [1.82, 2.24) is 9.97 Å². The normalized spacial score (nSPS) is 21.5. The van der Waals surface area contributed by atoms with E-state index in [0.29, 0.717) is 12.4 Å². The molecule has 1 aliphatic carbocycles. The molecule has 0 aromatic carbocycles. The van der Waals surface area contributed by atoms with Crippen LogP contribution in [0.25, 0.3) is 0 Å². The van der Waals surface area contributed by atoms with Crippen LogP contribution in [-0.4, -0.2) is 46.3 Å². The van der Waals surface area contributed by atoms with Crippen molar-refractivity contribution in [2.75, 3.05) is 24.6 Å². The highest BCUT2D eigenvalue weighted by molar-refractivity contribution is 5.85. The van der Waals surface area contributed by atoms with Crippen molar-refractivity contribution in [3.63, 3.8) is 0 Å². The summed E-state index contributed by atoms with van der Waals surface area (Å²) < 4.78 is 5.70. The molecule has 0 bridgehead atoms. The second-order valence-electron chi connectivity index (χ2n) is 4.52. The maximum atomic E-state index is 10.8. The van der Waals surface area contributed by atoms with Crippen molar-refractivity contribution >= 4 is 11.8 Å². The Bertz CT molecular complexity index is 459. The van der Waals surface area contributed by atoms with Crippen molar-refractivity contribution in [3.05, 3.63) is 18.1 Å². The zero-order chi connectivity index (χ0) is 11.9. The molecule has 1 spiro atoms. The first-order chi connectivity index (χ1) is 8.19. The number of morpholine rings is 1. The van der Waals surface area contributed by atoms with Crippen molar-refractivity contribution in [2.45, 2.75) is 18.4 Å². The molecule has 0 radical (unpaired) electrons. The fourth-order valence-corrected chi connectivity index (χ4v) is 2.09. The van der Waals surface area contributed by atoms with Crippen LogP contribution in [0.15, 0.2) is 12.4 Å². The Kier molecular flexibility index (Phi) is 2.25. The third-order valence-corrected chi connectivity index (χ3v) is 3.22. The lowest BCUT2D eigenvalue weighted by atomic mass is 10.2. The summed E-state index contributed by atoms with van der Waals surface area (Å²) in [6.07, 6.45) is 5.03. The molecule has 2 fully saturated rings. The van der Waals surface area contributed by atoms with Gasteiger partial charge in [-0.15, -0.1) is 0 Å². The van der Waals surface area contributed by atoms with Crippen LogP contribution in [0.5, 0.6) is 0 Å². The fourth-order valence-electron chi connectivity index (χ4n) is 2.09. The third kappa shape index (κ3) is 1.95. The van der Waals surface area contributed by atoms with Crippen molar-refractivity contribution in [2.24, 2.45) is 0 Å². The number of carboxylic acid groups (broad SMARTS) is 1. The standard InChI is InChI=1S/C11H13N3O3/c15-10(16)8-5-12-6-9(13-8)14-3-4-17-11(7-14)1-2-11/h5-6H,1-4,7H2,(H,15,16). The van der Waals surface area contributed by atoms with Crippen LogP contribution in [0.3, 0.4) is 0 Å². The van der Waals surface area contributed by atoms with Gasteiger partial charge in [-0.1, -0.05) is 0 Å². The Balaban J connectivity index is 1.83. The number of hydrogen-bond acceptors (Lipinski definition) is 5. The minimum Gasteiger partial charge on any atom is -0.476 e. The summed E-state index contributed by atoms with van der Waals surface area (Å²) in [6, 6.07) is 0. The average Bonchev–Trinajstić information content (AvgIpc) is 3.08. The molecule has 0 amide bonds. The quantitative estimate of drug-likeness (QED) is 0.806. The molecular weight excluding hydrogens is 222 g/mol. The van der Waals surface area contributed by atoms with Crippen molar-refractivity contribution in [1.29, 1.82) is 0 Å². The number of anilines is 1. The number of carboxylic acids is 1. The first-order valence-electron chi connectivity index (χ1n) is 5.63. The molecule has 2 aliphatic rings. The maximum Gasteiger partial charge on any atom is 0.356 e. The second-order valence-corrected chi connectivity index (χ2v) is 4.52. The molecule has 1 aliphatic heterocycles. The van der Waals surface area contributed by atoms with Crippen LogP contribution in [0.1, 0.15) is 23.3 Å². The van der Waals surface area contributed by atoms with Gasteiger partial charge < -0.3 is 14.7 Å². The van der Waals surface area contributed by atoms with Crippen molar-refractivity contribution < 1.29 is 14.6 Å². The van der Waals surface area contributed by atoms with E-state index in [4.69, 9.17) is 9.84 Å². The van der Waals surface area contributed by atoms with E-state index in [0.717, 1.165) is 25.9 Å². The summed E-state index contributed by atoms with van der Waals surface area (Å²) >= 11 is 0. The number of nitrogens with zero attached hydrogens (tertiary/aromatic N) is 3. The van der Waals surface area contributed by atoms with E-state index in [1.807, 2.05) is 0 Å². The monoisotopic (exact) mass is 235 g/mol. The molecule has 6 heteroatoms. The third-order valence-electron chi connectivity index (χ3n) is 3.22. The highest BCUT2D eigenvalue weighted by atomic mass is 16.5. The summed E-state index contributed by atoms with van der Waals surface area (Å²) in [5.41, 5.74) is -0.0158. The number of aromatic nitrogens is 2. The van der Waals surface area contributed by atoms with Gasteiger partial charge in [0.05, 0.1) is 24.6 Å². The number of rotatable bonds is 2. The predicted molar refractivity (Wildman–Crippen MR) is 59.1 cm³/mol. The van der Waals surface area contributed by atoms with Crippen LogP contribution in [-0.2, 0) is 4.74 Å². The lowest BCUT2D eigenvalue weighted by Gasteiger charge is -2.33. The zero-order valence-corrected chi connectivity index (χ0v) is 9.30. The van der Waals surface area contributed by atoms with E-state index in [1.54, 1.807) is 6.20 Å². The van der Waals surface area contributed by atoms with Gasteiger partial charge in [0.1, 0.15) is 5.82 Å². The summed E-state index contributed by atoms with van der Waals surface area (Å²) in [5.74, 6) is -0.423. The van der Waals surface area contributed by atoms with Gasteiger partial charge in [0.15, 0.2) is 5.69 Å². The van der Waals surface area contributed by atoms with Crippen LogP contribution in [0, 0.1) is 0 Å². The molecule has 0 unspecified atom stereocenters. The molecule has 1 aromatic heterocycles. The van der Waals surface area contributed by atoms with E-state index in [1.165, 1.54) is 6.20 Å². The molecule has 90 valence electrons. The van der Waals surface area contributed by atoms with Gasteiger partial charge in [0, 0.05) is 13.1 Å². The Morgan fingerprint density at radius 1 is 1.47 bits per heavy atom. The summed E-state index contributed by atoms with van der Waals surface area (Å²) in [6.45, 7) is 2.18. The van der Waals surface area contributed by atoms with Gasteiger partial charge in [0.25, 0.3) is 0 Å². The minimum absolute atomic E-state index is 0.000835. The number of hydrogen-bond donors (Lipinski definition) is 1. The molecule has 2 heterocycles. The molecule has 17 heavy (non-hydrogen) atoms. The molecule has 3 rings (SSSR count). The van der Waals surface area contributed by atoms with E-state index in [2.05, 4.69) is 14.9 Å². The lowest BCUT2D eigenvalue weighted by molar-refractivity contribution is 0.0203. The largest absolute Gasteiger partial charge is 0.476 e. The molecule has 1 saturated heterocycles. The summed E-state index contributed by atoms with van der Waals surface area (Å²) in [4.78, 5) is 20.9. The smallest absolute Gasteiger partial charge is 0.356 e. The topological polar surface area (TPSA) is 75.5 Å². The predicted octanol–water partition coefficient (Wildman–Crippen LogP) is 0.544. The van der Waals surface area contributed by atoms with E-state index in [9.17, 15) is 4.79 Å². The first-order valence-corrected chi connectivity index (χ1v) is 5.63. The number of carbonyl (C=O) groups is 1. The van der Waals surface area contributed by atoms with Gasteiger partial charge >= 0.3 is 5.97 Å². The van der Waals surface area contributed by atoms with Crippen LogP contribution >= 0.6 is 0 Å². The summed E-state index contributed by atoms with van der Waals surface area (Å²) in [5, 5.41) is 8.88. The molecule has 1 N–H and O–H groups in total. The van der Waals surface area contributed by atoms with E-state index in [-0.39, 0.29) is 11.3 Å². The zero-order valence-electron chi connectivity index (χ0n) is 9.30. The van der Waals surface area contributed by atoms with Gasteiger partial charge in [-0.3, -0.25) is 4.98 Å². The number of ether oxygens (including phenoxy) is 1. The summed E-state index contributed by atoms with van der Waals surface area (Å²) in [7, 11) is 0. The minimum atomic E-state index is -1.05. The number of aromatic carboxylic acids is 1. The molecular formula is C11H13N3O3. The van der Waals surface area contributed by atoms with E-state index < -0.39 is 5.97 Å². The highest BCUT2D eigenvalue weighted by Gasteiger charge is 2.47. The first kappa shape index (κ1) is 10.5. The molecule has 6 nitrogen and oxygen atoms in total. The van der Waals surface area contributed by atoms with Gasteiger partial charge in [-0.25, -0.2) is 9.78 Å². The van der Waals surface area contributed by atoms with Crippen molar-refractivity contribution in [3.8, 4) is 0 Å². The average molecular weight is 235 g/mol. The second kappa shape index (κ2) is 3.66. The van der Waals surface area contributed by atoms with E-state index >= 15 is 0 Å². The Morgan fingerprint density at radius 3 is 3.00 bits per heavy atom. The highest BCUT2D eigenvalue weighted by Crippen LogP contribution is 2.42. The fraction of sp³-hybridized carbons (Fsp3) is 0.545. The Hall–Kier alpha value is -1.69. The van der Waals surface area contributed by atoms with Gasteiger partial charge in [-0.05, 0) is 12.8 Å². The Labute approximate surface area is 98.2 Å². The lowest BCUT2D eigenvalue weighted by Crippen LogP contribution is -2.44. The Morgan fingerprint density at radius 2 is 2.29 bits per heavy atom. The molecule has 1 saturated carbocycles. The van der Waals surface area contributed by atoms with Crippen LogP contribution in [0.2, 0.25) is 0 Å². The van der Waals surface area contributed by atoms with Gasteiger partial charge in [-0.2, -0.15) is 0 Å². The maximum absolute atomic E-state index is 10.8. The van der Waals surface area contributed by atoms with Crippen LogP contribution in [0.4, 0.5) is 5.82 Å². The molecule has 1 aromatic rings. The molecule has 0 atom stereocenters. The van der Waals surface area contributed by atoms with Gasteiger partial charge in [0.2, 0.25) is 0 Å². The SMILES string of the molecule is O=C(O)c1cncc(N2CCOC3(CC3)C2)n1.